The first-order valence-electron chi connectivity index (χ1n) is 12.3. The predicted octanol–water partition coefficient (Wildman–Crippen LogP) is 5.50. The molecule has 2 amide bonds. The summed E-state index contributed by atoms with van der Waals surface area (Å²) in [5.41, 5.74) is 2.01. The molecule has 4 rings (SSSR count). The summed E-state index contributed by atoms with van der Waals surface area (Å²) in [6.07, 6.45) is 8.27. The summed E-state index contributed by atoms with van der Waals surface area (Å²) in [4.78, 5) is 31.5. The second-order valence-corrected chi connectivity index (χ2v) is 15.6. The van der Waals surface area contributed by atoms with Gasteiger partial charge in [0.05, 0.1) is 16.5 Å². The Balaban J connectivity index is 1.45. The first kappa shape index (κ1) is 26.0. The Morgan fingerprint density at radius 1 is 1.26 bits per heavy atom. The SMILES string of the molecule is CC(O)c1ccc(CCN(C(=O)Nc2ncc(S3(C)CC3(C)C(=O)O)s2)[C@H]2CC[C@H](C)CC2)cc1. The Morgan fingerprint density at radius 3 is 2.49 bits per heavy atom. The molecule has 3 N–H and O–H groups in total. The Morgan fingerprint density at radius 2 is 1.91 bits per heavy atom. The molecule has 35 heavy (non-hydrogen) atoms. The van der Waals surface area contributed by atoms with E-state index in [1.165, 1.54) is 11.3 Å². The maximum absolute atomic E-state index is 13.4. The normalized spacial score (nSPS) is 30.7. The monoisotopic (exact) mass is 519 g/mol. The Labute approximate surface area is 213 Å². The molecule has 0 radical (unpaired) electrons. The summed E-state index contributed by atoms with van der Waals surface area (Å²) in [6.45, 7) is 6.44. The van der Waals surface area contributed by atoms with Crippen molar-refractivity contribution in [3.05, 3.63) is 41.6 Å². The maximum Gasteiger partial charge on any atom is 0.323 e. The van der Waals surface area contributed by atoms with Crippen molar-refractivity contribution in [1.82, 2.24) is 9.88 Å². The molecule has 3 unspecified atom stereocenters. The van der Waals surface area contributed by atoms with E-state index in [1.807, 2.05) is 42.3 Å². The van der Waals surface area contributed by atoms with E-state index in [9.17, 15) is 19.8 Å². The van der Waals surface area contributed by atoms with E-state index in [0.29, 0.717) is 23.3 Å². The maximum atomic E-state index is 13.4. The van der Waals surface area contributed by atoms with Crippen LogP contribution in [0.1, 0.15) is 63.7 Å². The van der Waals surface area contributed by atoms with Crippen LogP contribution in [-0.4, -0.2) is 61.4 Å². The molecule has 1 aliphatic heterocycles. The molecule has 0 bridgehead atoms. The van der Waals surface area contributed by atoms with Crippen LogP contribution < -0.4 is 5.32 Å². The van der Waals surface area contributed by atoms with E-state index in [0.717, 1.165) is 47.4 Å². The van der Waals surface area contributed by atoms with Gasteiger partial charge in [0.1, 0.15) is 4.75 Å². The number of urea groups is 1. The molecule has 2 fully saturated rings. The second-order valence-electron chi connectivity index (χ2n) is 10.5. The number of thiazole rings is 1. The largest absolute Gasteiger partial charge is 0.480 e. The lowest BCUT2D eigenvalue weighted by atomic mass is 9.86. The number of rotatable bonds is 8. The predicted molar refractivity (Wildman–Crippen MR) is 143 cm³/mol. The fourth-order valence-corrected chi connectivity index (χ4v) is 10.2. The van der Waals surface area contributed by atoms with Gasteiger partial charge in [0.2, 0.25) is 0 Å². The molecule has 192 valence electrons. The molecule has 1 aliphatic carbocycles. The standard InChI is InChI=1S/C26H37N3O4S2/c1-17-5-11-21(12-6-17)29(14-13-19-7-9-20(10-8-19)18(2)30)25(33)28-24-27-15-22(34-24)35(4)16-26(35,3)23(31)32/h7-10,15,17-18,21,30H,5-6,11-14,16H2,1-4H3,(H,31,32)(H,27,28,33)/t17-,18?,21-,26?. The highest BCUT2D eigenvalue weighted by atomic mass is 32.3. The molecule has 2 heterocycles. The first-order valence-corrected chi connectivity index (χ1v) is 15.4. The number of aliphatic hydroxyl groups excluding tert-OH is 1. The van der Waals surface area contributed by atoms with Gasteiger partial charge in [-0.2, -0.15) is 10.0 Å². The van der Waals surface area contributed by atoms with E-state index < -0.39 is 26.8 Å². The number of benzene rings is 1. The number of aliphatic carboxylic acids is 1. The van der Waals surface area contributed by atoms with Crippen molar-refractivity contribution < 1.29 is 19.8 Å². The van der Waals surface area contributed by atoms with Crippen molar-refractivity contribution in [1.29, 1.82) is 0 Å². The van der Waals surface area contributed by atoms with Crippen LogP contribution in [0.5, 0.6) is 0 Å². The number of nitrogens with one attached hydrogen (secondary N) is 1. The van der Waals surface area contributed by atoms with Crippen LogP contribution in [0.25, 0.3) is 0 Å². The zero-order valence-electron chi connectivity index (χ0n) is 21.0. The second kappa shape index (κ2) is 10.1. The number of aromatic nitrogens is 1. The van der Waals surface area contributed by atoms with E-state index in [2.05, 4.69) is 17.2 Å². The quantitative estimate of drug-likeness (QED) is 0.400. The van der Waals surface area contributed by atoms with Gasteiger partial charge in [0.25, 0.3) is 0 Å². The highest BCUT2D eigenvalue weighted by Gasteiger charge is 2.64. The lowest BCUT2D eigenvalue weighted by molar-refractivity contribution is -0.138. The molecule has 7 nitrogen and oxygen atoms in total. The van der Waals surface area contributed by atoms with Gasteiger partial charge < -0.3 is 15.1 Å². The van der Waals surface area contributed by atoms with Crippen LogP contribution in [0, 0.1) is 5.92 Å². The first-order chi connectivity index (χ1) is 16.5. The number of nitrogens with zero attached hydrogens (tertiary/aromatic N) is 2. The summed E-state index contributed by atoms with van der Waals surface area (Å²) in [5, 5.41) is 22.9. The Hall–Kier alpha value is -2.10. The minimum atomic E-state index is -1.44. The van der Waals surface area contributed by atoms with Gasteiger partial charge in [-0.3, -0.25) is 10.1 Å². The third kappa shape index (κ3) is 5.37. The number of aliphatic hydroxyl groups is 1. The lowest BCUT2D eigenvalue weighted by Gasteiger charge is -2.36. The molecule has 2 aromatic rings. The van der Waals surface area contributed by atoms with Crippen LogP contribution in [0.15, 0.2) is 34.7 Å². The van der Waals surface area contributed by atoms with Crippen LogP contribution >= 0.6 is 21.4 Å². The van der Waals surface area contributed by atoms with Gasteiger partial charge in [0.15, 0.2) is 5.13 Å². The van der Waals surface area contributed by atoms with Crippen LogP contribution in [-0.2, 0) is 11.2 Å². The molecule has 1 aromatic heterocycles. The van der Waals surface area contributed by atoms with E-state index in [1.54, 1.807) is 13.1 Å². The number of amides is 2. The summed E-state index contributed by atoms with van der Waals surface area (Å²) in [7, 11) is -1.44. The zero-order chi connectivity index (χ0) is 25.4. The molecular formula is C26H37N3O4S2. The third-order valence-corrected chi connectivity index (χ3v) is 14.0. The lowest BCUT2D eigenvalue weighted by Crippen LogP contribution is -2.45. The minimum absolute atomic E-state index is 0.136. The summed E-state index contributed by atoms with van der Waals surface area (Å²) in [6, 6.07) is 7.98. The van der Waals surface area contributed by atoms with Gasteiger partial charge >= 0.3 is 12.0 Å². The summed E-state index contributed by atoms with van der Waals surface area (Å²) < 4.78 is 0.281. The molecule has 0 spiro atoms. The molecule has 1 aromatic carbocycles. The van der Waals surface area contributed by atoms with Crippen molar-refractivity contribution in [3.8, 4) is 0 Å². The van der Waals surface area contributed by atoms with Crippen molar-refractivity contribution in [3.63, 3.8) is 0 Å². The summed E-state index contributed by atoms with van der Waals surface area (Å²) >= 11 is 1.41. The number of carboxylic acid groups (broad SMARTS) is 1. The number of carboxylic acids is 1. The average Bonchev–Trinajstić information content (AvgIpc) is 3.15. The molecule has 9 heteroatoms. The van der Waals surface area contributed by atoms with Crippen LogP contribution in [0.4, 0.5) is 9.93 Å². The van der Waals surface area contributed by atoms with E-state index in [4.69, 9.17) is 0 Å². The van der Waals surface area contributed by atoms with Gasteiger partial charge in [-0.25, -0.2) is 9.78 Å². The topological polar surface area (TPSA) is 103 Å². The van der Waals surface area contributed by atoms with Crippen molar-refractivity contribution in [2.75, 3.05) is 23.9 Å². The van der Waals surface area contributed by atoms with Gasteiger partial charge in [0, 0.05) is 18.3 Å². The number of hydrogen-bond acceptors (Lipinski definition) is 5. The minimum Gasteiger partial charge on any atom is -0.480 e. The van der Waals surface area contributed by atoms with Crippen molar-refractivity contribution >= 4 is 38.5 Å². The van der Waals surface area contributed by atoms with Gasteiger partial charge in [-0.05, 0) is 69.3 Å². The third-order valence-electron chi connectivity index (χ3n) is 7.85. The molecular weight excluding hydrogens is 482 g/mol. The Bertz CT molecular complexity index is 1060. The highest BCUT2D eigenvalue weighted by Crippen LogP contribution is 2.79. The number of carbonyl (C=O) groups excluding carboxylic acids is 1. The van der Waals surface area contributed by atoms with Gasteiger partial charge in [-0.15, -0.1) is 0 Å². The fraction of sp³-hybridized carbons (Fsp3) is 0.577. The molecule has 3 atom stereocenters. The molecule has 2 aliphatic rings. The van der Waals surface area contributed by atoms with E-state index in [-0.39, 0.29) is 12.1 Å². The Kier molecular flexibility index (Phi) is 7.50. The van der Waals surface area contributed by atoms with Gasteiger partial charge in [-0.1, -0.05) is 42.5 Å². The number of carbonyl (C=O) groups is 2. The number of anilines is 1. The smallest absolute Gasteiger partial charge is 0.323 e. The van der Waals surface area contributed by atoms with Crippen molar-refractivity contribution in [2.24, 2.45) is 5.92 Å². The molecule has 1 saturated carbocycles. The van der Waals surface area contributed by atoms with Crippen LogP contribution in [0.2, 0.25) is 0 Å². The van der Waals surface area contributed by atoms with Crippen LogP contribution in [0.3, 0.4) is 0 Å². The summed E-state index contributed by atoms with van der Waals surface area (Å²) in [5.74, 6) is 0.593. The zero-order valence-corrected chi connectivity index (χ0v) is 22.6. The number of hydrogen-bond donors (Lipinski definition) is 3. The van der Waals surface area contributed by atoms with Crippen molar-refractivity contribution in [2.45, 2.75) is 74.0 Å². The van der Waals surface area contributed by atoms with E-state index >= 15 is 0 Å². The molecule has 1 saturated heterocycles. The highest BCUT2D eigenvalue weighted by molar-refractivity contribution is 8.41. The average molecular weight is 520 g/mol. The fourth-order valence-electron chi connectivity index (χ4n) is 4.97.